The molecule has 0 saturated heterocycles. The predicted octanol–water partition coefficient (Wildman–Crippen LogP) is 3.26. The van der Waals surface area contributed by atoms with E-state index in [1.54, 1.807) is 49.2 Å². The summed E-state index contributed by atoms with van der Waals surface area (Å²) in [5.74, 6) is -0.124. The summed E-state index contributed by atoms with van der Waals surface area (Å²) in [5, 5.41) is 9.74. The number of carbonyl (C=O) groups excluding carboxylic acids is 1. The van der Waals surface area contributed by atoms with Crippen molar-refractivity contribution in [3.8, 4) is 5.75 Å². The van der Waals surface area contributed by atoms with Crippen LogP contribution < -0.4 is 4.74 Å². The molecular formula is C25H32N2O5S. The molecule has 0 bridgehead atoms. The van der Waals surface area contributed by atoms with Gasteiger partial charge in [-0.25, -0.2) is 8.42 Å². The lowest BCUT2D eigenvalue weighted by Crippen LogP contribution is -2.50. The molecule has 0 saturated carbocycles. The van der Waals surface area contributed by atoms with E-state index in [1.807, 2.05) is 44.2 Å². The lowest BCUT2D eigenvalue weighted by molar-refractivity contribution is 0.0563. The number of allylic oxidation sites excluding steroid dienone is 1. The average Bonchev–Trinajstić information content (AvgIpc) is 2.81. The summed E-state index contributed by atoms with van der Waals surface area (Å²) in [7, 11) is -2.17. The molecule has 0 fully saturated rings. The minimum Gasteiger partial charge on any atom is -0.487 e. The molecule has 0 aromatic heterocycles. The van der Waals surface area contributed by atoms with Crippen LogP contribution in [0.3, 0.4) is 0 Å². The van der Waals surface area contributed by atoms with Gasteiger partial charge in [-0.1, -0.05) is 43.3 Å². The van der Waals surface area contributed by atoms with Crippen molar-refractivity contribution in [2.45, 2.75) is 37.8 Å². The number of hydrogen-bond donors (Lipinski definition) is 1. The lowest BCUT2D eigenvalue weighted by atomic mass is 10.0. The van der Waals surface area contributed by atoms with Crippen LogP contribution in [0, 0.1) is 5.92 Å². The number of rotatable bonds is 6. The monoisotopic (exact) mass is 472 g/mol. The first kappa shape index (κ1) is 25.0. The van der Waals surface area contributed by atoms with E-state index in [2.05, 4.69) is 0 Å². The summed E-state index contributed by atoms with van der Waals surface area (Å²) < 4.78 is 34.6. The Kier molecular flexibility index (Phi) is 7.94. The van der Waals surface area contributed by atoms with Gasteiger partial charge >= 0.3 is 0 Å². The fourth-order valence-corrected chi connectivity index (χ4v) is 5.74. The van der Waals surface area contributed by atoms with Gasteiger partial charge in [-0.2, -0.15) is 4.31 Å². The molecule has 1 aliphatic rings. The zero-order valence-electron chi connectivity index (χ0n) is 19.5. The van der Waals surface area contributed by atoms with Crippen LogP contribution in [-0.2, 0) is 10.0 Å². The van der Waals surface area contributed by atoms with Crippen LogP contribution in [0.25, 0.3) is 6.08 Å². The normalized spacial score (nSPS) is 21.5. The highest BCUT2D eigenvalue weighted by Gasteiger charge is 2.38. The maximum Gasteiger partial charge on any atom is 0.253 e. The van der Waals surface area contributed by atoms with Gasteiger partial charge in [0.2, 0.25) is 10.0 Å². The maximum atomic E-state index is 13.5. The molecule has 2 aromatic carbocycles. The molecule has 0 aliphatic carbocycles. The topological polar surface area (TPSA) is 87.2 Å². The molecular weight excluding hydrogens is 440 g/mol. The number of carbonyl (C=O) groups is 1. The van der Waals surface area contributed by atoms with Gasteiger partial charge in [0.15, 0.2) is 0 Å². The SMILES string of the molecule is CC=Cc1ccc2c(c1)O[C@@H](CN(C)C(=O)c1ccccc1)[C@@H](C)CN([C@H](C)CO)S2(=O)=O. The Morgan fingerprint density at radius 2 is 1.97 bits per heavy atom. The minimum absolute atomic E-state index is 0.0602. The summed E-state index contributed by atoms with van der Waals surface area (Å²) in [4.78, 5) is 14.6. The van der Waals surface area contributed by atoms with E-state index in [0.29, 0.717) is 5.56 Å². The van der Waals surface area contributed by atoms with Gasteiger partial charge in [0.1, 0.15) is 16.7 Å². The molecule has 33 heavy (non-hydrogen) atoms. The second-order valence-electron chi connectivity index (χ2n) is 8.50. The number of fused-ring (bicyclic) bond motifs is 1. The zero-order chi connectivity index (χ0) is 24.2. The molecule has 1 heterocycles. The molecule has 178 valence electrons. The van der Waals surface area contributed by atoms with Crippen molar-refractivity contribution >= 4 is 22.0 Å². The second-order valence-corrected chi connectivity index (χ2v) is 10.4. The molecule has 7 nitrogen and oxygen atoms in total. The quantitative estimate of drug-likeness (QED) is 0.697. The first-order valence-corrected chi connectivity index (χ1v) is 12.5. The number of nitrogens with zero attached hydrogens (tertiary/aromatic N) is 2. The van der Waals surface area contributed by atoms with Gasteiger partial charge in [0.05, 0.1) is 13.2 Å². The van der Waals surface area contributed by atoms with Crippen molar-refractivity contribution in [1.29, 1.82) is 0 Å². The standard InChI is InChI=1S/C25H32N2O5S/c1-5-9-20-12-13-24-22(14-20)32-23(16-26(4)25(29)21-10-7-6-8-11-21)18(2)15-27(19(3)17-28)33(24,30)31/h5-14,18-19,23,28H,15-17H2,1-4H3/t18-,19+,23-/m0/s1. The summed E-state index contributed by atoms with van der Waals surface area (Å²) in [5.41, 5.74) is 1.39. The van der Waals surface area contributed by atoms with E-state index >= 15 is 0 Å². The van der Waals surface area contributed by atoms with Gasteiger partial charge in [-0.05, 0) is 43.7 Å². The Morgan fingerprint density at radius 3 is 2.61 bits per heavy atom. The fourth-order valence-electron chi connectivity index (χ4n) is 3.91. The van der Waals surface area contributed by atoms with Gasteiger partial charge in [0, 0.05) is 31.1 Å². The third-order valence-corrected chi connectivity index (χ3v) is 7.89. The Balaban J connectivity index is 2.01. The lowest BCUT2D eigenvalue weighted by Gasteiger charge is -2.37. The molecule has 8 heteroatoms. The Labute approximate surface area is 196 Å². The third-order valence-electron chi connectivity index (χ3n) is 5.87. The fraction of sp³-hybridized carbons (Fsp3) is 0.400. The third kappa shape index (κ3) is 5.46. The molecule has 0 radical (unpaired) electrons. The number of aliphatic hydroxyl groups excluding tert-OH is 1. The van der Waals surface area contributed by atoms with Crippen molar-refractivity contribution < 1.29 is 23.1 Å². The van der Waals surface area contributed by atoms with Crippen LogP contribution in [-0.4, -0.2) is 67.5 Å². The van der Waals surface area contributed by atoms with Crippen LogP contribution >= 0.6 is 0 Å². The largest absolute Gasteiger partial charge is 0.487 e. The smallest absolute Gasteiger partial charge is 0.253 e. The number of sulfonamides is 1. The van der Waals surface area contributed by atoms with Gasteiger partial charge in [-0.3, -0.25) is 4.79 Å². The second kappa shape index (κ2) is 10.5. The first-order chi connectivity index (χ1) is 15.7. The Bertz CT molecular complexity index is 1100. The Hall–Kier alpha value is -2.68. The van der Waals surface area contributed by atoms with E-state index in [4.69, 9.17) is 4.74 Å². The highest BCUT2D eigenvalue weighted by molar-refractivity contribution is 7.89. The molecule has 1 aliphatic heterocycles. The number of benzene rings is 2. The summed E-state index contributed by atoms with van der Waals surface area (Å²) in [6.45, 7) is 5.62. The van der Waals surface area contributed by atoms with Crippen molar-refractivity contribution in [3.05, 3.63) is 65.7 Å². The molecule has 0 unspecified atom stereocenters. The highest BCUT2D eigenvalue weighted by atomic mass is 32.2. The van der Waals surface area contributed by atoms with Crippen molar-refractivity contribution in [2.24, 2.45) is 5.92 Å². The first-order valence-electron chi connectivity index (χ1n) is 11.1. The van der Waals surface area contributed by atoms with E-state index < -0.39 is 22.2 Å². The molecule has 1 amide bonds. The minimum atomic E-state index is -3.89. The summed E-state index contributed by atoms with van der Waals surface area (Å²) in [6.07, 6.45) is 3.28. The molecule has 2 aromatic rings. The van der Waals surface area contributed by atoms with Crippen molar-refractivity contribution in [2.75, 3.05) is 26.7 Å². The summed E-state index contributed by atoms with van der Waals surface area (Å²) in [6, 6.07) is 13.4. The zero-order valence-corrected chi connectivity index (χ0v) is 20.3. The number of hydrogen-bond acceptors (Lipinski definition) is 5. The van der Waals surface area contributed by atoms with Gasteiger partial charge < -0.3 is 14.7 Å². The maximum absolute atomic E-state index is 13.5. The van der Waals surface area contributed by atoms with Crippen molar-refractivity contribution in [3.63, 3.8) is 0 Å². The van der Waals surface area contributed by atoms with Crippen LogP contribution in [0.15, 0.2) is 59.5 Å². The van der Waals surface area contributed by atoms with Crippen molar-refractivity contribution in [1.82, 2.24) is 9.21 Å². The van der Waals surface area contributed by atoms with E-state index in [1.165, 1.54) is 4.31 Å². The van der Waals surface area contributed by atoms with Crippen LogP contribution in [0.4, 0.5) is 0 Å². The van der Waals surface area contributed by atoms with E-state index in [-0.39, 0.29) is 42.2 Å². The van der Waals surface area contributed by atoms with E-state index in [9.17, 15) is 18.3 Å². The molecule has 3 rings (SSSR count). The number of aliphatic hydroxyl groups is 1. The van der Waals surface area contributed by atoms with Gasteiger partial charge in [0.25, 0.3) is 5.91 Å². The summed E-state index contributed by atoms with van der Waals surface area (Å²) >= 11 is 0. The highest BCUT2D eigenvalue weighted by Crippen LogP contribution is 2.34. The number of likely N-dealkylation sites (N-methyl/N-ethyl adjacent to an activating group) is 1. The number of ether oxygens (including phenoxy) is 1. The molecule has 0 spiro atoms. The van der Waals surface area contributed by atoms with Crippen LogP contribution in [0.5, 0.6) is 5.75 Å². The Morgan fingerprint density at radius 1 is 1.27 bits per heavy atom. The molecule has 1 N–H and O–H groups in total. The molecule has 3 atom stereocenters. The van der Waals surface area contributed by atoms with E-state index in [0.717, 1.165) is 5.56 Å². The van der Waals surface area contributed by atoms with Gasteiger partial charge in [-0.15, -0.1) is 0 Å². The number of amides is 1. The predicted molar refractivity (Wildman–Crippen MR) is 129 cm³/mol. The van der Waals surface area contributed by atoms with Crippen LogP contribution in [0.1, 0.15) is 36.7 Å². The van der Waals surface area contributed by atoms with Crippen LogP contribution in [0.2, 0.25) is 0 Å². The average molecular weight is 473 g/mol.